The number of nitrogens with two attached hydrogens (primary N) is 1. The third-order valence-corrected chi connectivity index (χ3v) is 11.4. The first-order valence-electron chi connectivity index (χ1n) is 20.6. The predicted molar refractivity (Wildman–Crippen MR) is 268 cm³/mol. The van der Waals surface area contributed by atoms with Crippen LogP contribution < -0.4 is 5.73 Å². The van der Waals surface area contributed by atoms with Gasteiger partial charge in [-0.3, -0.25) is 0 Å². The number of nitrogen functional groups attached to an aromatic ring is 1. The number of rotatable bonds is 7. The summed E-state index contributed by atoms with van der Waals surface area (Å²) in [4.78, 5) is 1.13. The molecule has 296 valence electrons. The van der Waals surface area contributed by atoms with Crippen LogP contribution in [-0.2, 0) is 0 Å². The van der Waals surface area contributed by atoms with Crippen molar-refractivity contribution in [2.75, 3.05) is 5.73 Å². The fourth-order valence-electron chi connectivity index (χ4n) is 6.68. The van der Waals surface area contributed by atoms with Gasteiger partial charge in [0.2, 0.25) is 0 Å². The van der Waals surface area contributed by atoms with Crippen LogP contribution in [0.3, 0.4) is 0 Å². The first-order chi connectivity index (χ1) is 28.9. The molecule has 0 saturated carbocycles. The number of fused-ring (bicyclic) bond motifs is 3. The second kappa shape index (κ2) is 22.8. The van der Waals surface area contributed by atoms with E-state index in [-0.39, 0.29) is 0 Å². The zero-order valence-electron chi connectivity index (χ0n) is 35.0. The van der Waals surface area contributed by atoms with Crippen LogP contribution in [0.25, 0.3) is 42.4 Å². The van der Waals surface area contributed by atoms with Crippen LogP contribution in [0.2, 0.25) is 0 Å². The SMILES string of the molecule is C1=CC=CC=1c1cccc2c1sc1ccccc12.C=C(/C=C\C=C(/C)C1=C=CC=C1)C1=C(S)CCC=C1.CC.CC.Nc1ccc(-c2ccc(C3=CC=CC3)cc2)cc1. The van der Waals surface area contributed by atoms with Crippen molar-refractivity contribution in [3.8, 4) is 11.1 Å². The number of allylic oxidation sites excluding steroid dienone is 19. The maximum Gasteiger partial charge on any atom is 0.0440 e. The molecular weight excluding hydrogens is 751 g/mol. The van der Waals surface area contributed by atoms with Crippen molar-refractivity contribution in [2.45, 2.75) is 53.9 Å². The topological polar surface area (TPSA) is 26.0 Å². The molecule has 0 radical (unpaired) electrons. The smallest absolute Gasteiger partial charge is 0.0440 e. The number of thiophene rings is 1. The van der Waals surface area contributed by atoms with Crippen molar-refractivity contribution in [3.63, 3.8) is 0 Å². The summed E-state index contributed by atoms with van der Waals surface area (Å²) in [6.07, 6.45) is 32.2. The Kier molecular flexibility index (Phi) is 17.0. The summed E-state index contributed by atoms with van der Waals surface area (Å²) in [5.74, 6) is 0. The molecular formula is C56H55NS2. The van der Waals surface area contributed by atoms with Gasteiger partial charge < -0.3 is 5.73 Å². The summed E-state index contributed by atoms with van der Waals surface area (Å²) >= 11 is 6.39. The summed E-state index contributed by atoms with van der Waals surface area (Å²) in [5.41, 5.74) is 25.1. The van der Waals surface area contributed by atoms with Gasteiger partial charge in [0.25, 0.3) is 0 Å². The van der Waals surface area contributed by atoms with Crippen molar-refractivity contribution in [1.82, 2.24) is 0 Å². The molecule has 0 fully saturated rings. The van der Waals surface area contributed by atoms with Gasteiger partial charge in [0.05, 0.1) is 0 Å². The van der Waals surface area contributed by atoms with Crippen LogP contribution in [0.15, 0.2) is 221 Å². The number of thiol groups is 1. The minimum absolute atomic E-state index is 0.803. The van der Waals surface area contributed by atoms with Gasteiger partial charge in [-0.2, -0.15) is 0 Å². The van der Waals surface area contributed by atoms with E-state index in [1.165, 1.54) is 59.1 Å². The van der Waals surface area contributed by atoms with E-state index in [0.29, 0.717) is 0 Å². The van der Waals surface area contributed by atoms with Crippen molar-refractivity contribution < 1.29 is 0 Å². The molecule has 9 rings (SSSR count). The highest BCUT2D eigenvalue weighted by atomic mass is 32.1. The van der Waals surface area contributed by atoms with Crippen molar-refractivity contribution in [1.29, 1.82) is 0 Å². The molecule has 1 heterocycles. The highest BCUT2D eigenvalue weighted by Crippen LogP contribution is 2.38. The monoisotopic (exact) mass is 805 g/mol. The summed E-state index contributed by atoms with van der Waals surface area (Å²) in [5, 5.41) is 2.70. The molecule has 0 aliphatic heterocycles. The first-order valence-corrected chi connectivity index (χ1v) is 21.8. The lowest BCUT2D eigenvalue weighted by atomic mass is 10.00. The quantitative estimate of drug-likeness (QED) is 0.0729. The molecule has 0 saturated heterocycles. The van der Waals surface area contributed by atoms with E-state index in [9.17, 15) is 0 Å². The Labute approximate surface area is 362 Å². The van der Waals surface area contributed by atoms with E-state index in [1.807, 2.05) is 87.6 Å². The summed E-state index contributed by atoms with van der Waals surface area (Å²) in [7, 11) is 0. The molecule has 0 spiro atoms. The second-order valence-corrected chi connectivity index (χ2v) is 15.1. The van der Waals surface area contributed by atoms with Gasteiger partial charge >= 0.3 is 0 Å². The average Bonchev–Trinajstić information content (AvgIpc) is 4.15. The second-order valence-electron chi connectivity index (χ2n) is 13.5. The van der Waals surface area contributed by atoms with Gasteiger partial charge in [0.15, 0.2) is 0 Å². The molecule has 5 aromatic rings. The molecule has 0 amide bonds. The van der Waals surface area contributed by atoms with Gasteiger partial charge in [-0.1, -0.05) is 168 Å². The van der Waals surface area contributed by atoms with Crippen molar-refractivity contribution >= 4 is 61.0 Å². The van der Waals surface area contributed by atoms with Crippen molar-refractivity contribution in [2.24, 2.45) is 0 Å². The molecule has 1 nitrogen and oxygen atoms in total. The third-order valence-electron chi connectivity index (χ3n) is 9.72. The van der Waals surface area contributed by atoms with E-state index in [2.05, 4.69) is 165 Å². The Bertz CT molecular complexity index is 2640. The van der Waals surface area contributed by atoms with Gasteiger partial charge in [0.1, 0.15) is 0 Å². The van der Waals surface area contributed by atoms with Gasteiger partial charge in [0, 0.05) is 42.6 Å². The zero-order valence-corrected chi connectivity index (χ0v) is 36.7. The van der Waals surface area contributed by atoms with E-state index >= 15 is 0 Å². The number of benzene rings is 4. The first kappa shape index (κ1) is 44.1. The lowest BCUT2D eigenvalue weighted by Crippen LogP contribution is -1.91. The minimum atomic E-state index is 0.803. The van der Waals surface area contributed by atoms with Crippen LogP contribution in [0, 0.1) is 0 Å². The Morgan fingerprint density at radius 2 is 1.42 bits per heavy atom. The van der Waals surface area contributed by atoms with E-state index < -0.39 is 0 Å². The normalized spacial score (nSPS) is 14.5. The van der Waals surface area contributed by atoms with E-state index in [4.69, 9.17) is 5.73 Å². The lowest BCUT2D eigenvalue weighted by molar-refractivity contribution is 1.01. The fraction of sp³-hybridized carbons (Fsp3) is 0.143. The summed E-state index contributed by atoms with van der Waals surface area (Å²) < 4.78 is 2.72. The largest absolute Gasteiger partial charge is 0.399 e. The molecule has 0 bridgehead atoms. The fourth-order valence-corrected chi connectivity index (χ4v) is 8.26. The minimum Gasteiger partial charge on any atom is -0.399 e. The lowest BCUT2D eigenvalue weighted by Gasteiger charge is -2.11. The summed E-state index contributed by atoms with van der Waals surface area (Å²) in [6, 6.07) is 31.8. The molecule has 3 heteroatoms. The molecule has 0 atom stereocenters. The van der Waals surface area contributed by atoms with Crippen LogP contribution in [0.5, 0.6) is 0 Å². The molecule has 0 unspecified atom stereocenters. The Morgan fingerprint density at radius 3 is 2.08 bits per heavy atom. The Hall–Kier alpha value is -6.05. The Morgan fingerprint density at radius 1 is 0.746 bits per heavy atom. The standard InChI is InChI=1S/C18H18S.C17H15N.C17H10S.2C2H6/c1-14(16-10-3-4-11-16)8-7-9-15(2)17-12-5-6-13-18(17)19;18-17-11-9-16(10-12-17)15-7-5-14(6-8-15)13-3-1-2-4-13;1-2-7-12(6-1)13-9-5-10-15-14-8-3-4-11-16(14)18-17(13)15;2*1-2/h3-5,7-10,12,19H,2,6,13H2,1H3;1-3,5-12H,4,18H2;1-6,8-11H;2*1-2H3/b9-7-,14-8+;;;;. The van der Waals surface area contributed by atoms with Crippen LogP contribution in [-0.4, -0.2) is 0 Å². The highest BCUT2D eigenvalue weighted by Gasteiger charge is 2.11. The number of hydrogen-bond donors (Lipinski definition) is 2. The molecule has 2 N–H and O–H groups in total. The Balaban J connectivity index is 0.000000161. The maximum absolute atomic E-state index is 5.70. The predicted octanol–water partition coefficient (Wildman–Crippen LogP) is 16.7. The molecule has 4 aliphatic rings. The molecule has 1 aromatic heterocycles. The summed E-state index contributed by atoms with van der Waals surface area (Å²) in [6.45, 7) is 14.2. The van der Waals surface area contributed by atoms with Gasteiger partial charge in [-0.15, -0.1) is 35.4 Å². The van der Waals surface area contributed by atoms with Crippen LogP contribution in [0.1, 0.15) is 65.0 Å². The number of hydrogen-bond acceptors (Lipinski definition) is 3. The van der Waals surface area contributed by atoms with Crippen LogP contribution in [0.4, 0.5) is 5.69 Å². The van der Waals surface area contributed by atoms with E-state index in [0.717, 1.165) is 46.6 Å². The third kappa shape index (κ3) is 11.8. The highest BCUT2D eigenvalue weighted by molar-refractivity contribution is 7.84. The van der Waals surface area contributed by atoms with E-state index in [1.54, 1.807) is 0 Å². The average molecular weight is 806 g/mol. The van der Waals surface area contributed by atoms with Crippen LogP contribution >= 0.6 is 24.0 Å². The number of anilines is 1. The van der Waals surface area contributed by atoms with Gasteiger partial charge in [-0.05, 0) is 113 Å². The molecule has 4 aromatic carbocycles. The molecule has 4 aliphatic carbocycles. The van der Waals surface area contributed by atoms with Gasteiger partial charge in [-0.25, -0.2) is 0 Å². The zero-order chi connectivity index (χ0) is 42.0. The van der Waals surface area contributed by atoms with Crippen molar-refractivity contribution in [3.05, 3.63) is 232 Å². The maximum atomic E-state index is 5.70. The molecule has 59 heavy (non-hydrogen) atoms.